The van der Waals surface area contributed by atoms with E-state index in [1.165, 1.54) is 17.8 Å². The van der Waals surface area contributed by atoms with Crippen LogP contribution in [0.25, 0.3) is 0 Å². The van der Waals surface area contributed by atoms with E-state index in [2.05, 4.69) is 15.5 Å². The smallest absolute Gasteiger partial charge is 0.331 e. The summed E-state index contributed by atoms with van der Waals surface area (Å²) >= 11 is 1.03. The van der Waals surface area contributed by atoms with Gasteiger partial charge in [0.15, 0.2) is 0 Å². The van der Waals surface area contributed by atoms with E-state index in [4.69, 9.17) is 4.42 Å². The van der Waals surface area contributed by atoms with Crippen molar-refractivity contribution < 1.29 is 19.1 Å². The Morgan fingerprint density at radius 1 is 1.25 bits per heavy atom. The first-order chi connectivity index (χ1) is 15.3. The highest BCUT2D eigenvalue weighted by molar-refractivity contribution is 7.98. The van der Waals surface area contributed by atoms with Gasteiger partial charge in [0.25, 0.3) is 11.1 Å². The summed E-state index contributed by atoms with van der Waals surface area (Å²) in [5, 5.41) is 20.6. The summed E-state index contributed by atoms with van der Waals surface area (Å²) in [6.07, 6.45) is 7.83. The molecular formula is C21H31N5O5S. The molecule has 1 saturated carbocycles. The van der Waals surface area contributed by atoms with E-state index in [1.54, 1.807) is 0 Å². The van der Waals surface area contributed by atoms with Crippen molar-refractivity contribution in [2.45, 2.75) is 75.9 Å². The largest absolute Gasteiger partial charge is 0.493 e. The summed E-state index contributed by atoms with van der Waals surface area (Å²) in [5.74, 6) is -0.690. The predicted octanol–water partition coefficient (Wildman–Crippen LogP) is 2.71. The zero-order valence-electron chi connectivity index (χ0n) is 18.7. The maximum absolute atomic E-state index is 13.0. The maximum atomic E-state index is 13.0. The predicted molar refractivity (Wildman–Crippen MR) is 118 cm³/mol. The Labute approximate surface area is 190 Å². The fourth-order valence-electron chi connectivity index (χ4n) is 3.88. The molecule has 0 bridgehead atoms. The molecule has 1 aliphatic rings. The Balaban J connectivity index is 1.66. The molecule has 176 valence electrons. The quantitative estimate of drug-likeness (QED) is 0.328. The topological polar surface area (TPSA) is 132 Å². The second-order valence-electron chi connectivity index (χ2n) is 8.70. The molecule has 11 heteroatoms. The van der Waals surface area contributed by atoms with Crippen LogP contribution in [-0.2, 0) is 17.7 Å². The molecule has 2 N–H and O–H groups in total. The first-order valence-corrected chi connectivity index (χ1v) is 12.0. The zero-order chi connectivity index (χ0) is 23.3. The molecule has 0 spiro atoms. The molecule has 0 radical (unpaired) electrons. The molecule has 2 aromatic heterocycles. The lowest BCUT2D eigenvalue weighted by atomic mass is 9.96. The van der Waals surface area contributed by atoms with Gasteiger partial charge in [-0.05, 0) is 36.9 Å². The monoisotopic (exact) mass is 465 g/mol. The number of ketones is 1. The minimum absolute atomic E-state index is 0.0508. The summed E-state index contributed by atoms with van der Waals surface area (Å²) in [7, 11) is 1.53. The molecule has 0 aliphatic heterocycles. The van der Waals surface area contributed by atoms with E-state index in [0.717, 1.165) is 54.9 Å². The van der Waals surface area contributed by atoms with E-state index in [0.29, 0.717) is 6.42 Å². The molecule has 3 rings (SSSR count). The number of hydrogen-bond donors (Lipinski definition) is 2. The van der Waals surface area contributed by atoms with E-state index in [-0.39, 0.29) is 46.3 Å². The Hall–Kier alpha value is -2.56. The molecule has 0 unspecified atom stereocenters. The molecule has 0 aromatic carbocycles. The molecule has 32 heavy (non-hydrogen) atoms. The molecule has 0 saturated heterocycles. The Kier molecular flexibility index (Phi) is 8.16. The van der Waals surface area contributed by atoms with Gasteiger partial charge in [-0.25, -0.2) is 4.79 Å². The van der Waals surface area contributed by atoms with Gasteiger partial charge >= 0.3 is 5.69 Å². The van der Waals surface area contributed by atoms with Crippen LogP contribution in [0.5, 0.6) is 5.88 Å². The Morgan fingerprint density at radius 2 is 1.94 bits per heavy atom. The average Bonchev–Trinajstić information content (AvgIpc) is 3.17. The summed E-state index contributed by atoms with van der Waals surface area (Å²) in [6.45, 7) is 3.97. The number of imidazole rings is 1. The number of thioether (sulfide) groups is 1. The highest BCUT2D eigenvalue weighted by Gasteiger charge is 2.30. The van der Waals surface area contributed by atoms with Gasteiger partial charge < -0.3 is 14.8 Å². The standard InChI is InChI=1S/C21H31N5O5S/c1-13(2)10-15(22-18(29)14-8-6-4-5-7-9-14)17(28)19-23-24-20(31-19)32-12-26-16(27)11-25(3)21(26)30/h11,13-15,27H,4-10,12H2,1-3H3,(H,22,29)/t15-/m0/s1. The van der Waals surface area contributed by atoms with E-state index in [1.807, 2.05) is 13.8 Å². The summed E-state index contributed by atoms with van der Waals surface area (Å²) < 4.78 is 7.90. The van der Waals surface area contributed by atoms with Gasteiger partial charge in [-0.15, -0.1) is 10.2 Å². The van der Waals surface area contributed by atoms with Crippen LogP contribution in [0.4, 0.5) is 0 Å². The van der Waals surface area contributed by atoms with E-state index >= 15 is 0 Å². The van der Waals surface area contributed by atoms with Crippen molar-refractivity contribution in [3.63, 3.8) is 0 Å². The minimum atomic E-state index is -0.732. The van der Waals surface area contributed by atoms with Gasteiger partial charge in [0.1, 0.15) is 0 Å². The number of carbonyl (C=O) groups excluding carboxylic acids is 2. The Morgan fingerprint density at radius 3 is 2.53 bits per heavy atom. The van der Waals surface area contributed by atoms with Crippen molar-refractivity contribution in [3.8, 4) is 5.88 Å². The fourth-order valence-corrected chi connectivity index (χ4v) is 4.60. The van der Waals surface area contributed by atoms with Crippen molar-refractivity contribution >= 4 is 23.5 Å². The van der Waals surface area contributed by atoms with Crippen LogP contribution >= 0.6 is 11.8 Å². The SMILES string of the molecule is CC(C)C[C@H](NC(=O)C1CCCCCC1)C(=O)c1nnc(SCn2c(O)cn(C)c2=O)o1. The van der Waals surface area contributed by atoms with Crippen molar-refractivity contribution in [1.29, 1.82) is 0 Å². The van der Waals surface area contributed by atoms with Gasteiger partial charge in [-0.3, -0.25) is 18.7 Å². The van der Waals surface area contributed by atoms with E-state index < -0.39 is 11.8 Å². The molecule has 1 fully saturated rings. The third kappa shape index (κ3) is 6.02. The number of carbonyl (C=O) groups is 2. The summed E-state index contributed by atoms with van der Waals surface area (Å²) in [4.78, 5) is 37.8. The molecule has 2 aromatic rings. The van der Waals surface area contributed by atoms with Crippen molar-refractivity contribution in [2.24, 2.45) is 18.9 Å². The highest BCUT2D eigenvalue weighted by Crippen LogP contribution is 2.24. The van der Waals surface area contributed by atoms with E-state index in [9.17, 15) is 19.5 Å². The van der Waals surface area contributed by atoms with Crippen molar-refractivity contribution in [3.05, 3.63) is 22.6 Å². The van der Waals surface area contributed by atoms with Crippen LogP contribution in [0.2, 0.25) is 0 Å². The molecule has 1 aliphatic carbocycles. The van der Waals surface area contributed by atoms with Crippen LogP contribution in [-0.4, -0.2) is 42.2 Å². The van der Waals surface area contributed by atoms with Gasteiger partial charge in [-0.2, -0.15) is 0 Å². The van der Waals surface area contributed by atoms with Crippen LogP contribution in [0.1, 0.15) is 69.5 Å². The molecule has 2 heterocycles. The number of rotatable bonds is 9. The van der Waals surface area contributed by atoms with Gasteiger partial charge in [0.05, 0.1) is 18.1 Å². The fraction of sp³-hybridized carbons (Fsp3) is 0.667. The number of aromatic nitrogens is 4. The highest BCUT2D eigenvalue weighted by atomic mass is 32.2. The van der Waals surface area contributed by atoms with Gasteiger partial charge in [0.2, 0.25) is 17.6 Å². The number of nitrogens with zero attached hydrogens (tertiary/aromatic N) is 4. The first kappa shape index (κ1) is 24.1. The molecular weight excluding hydrogens is 434 g/mol. The summed E-state index contributed by atoms with van der Waals surface area (Å²) in [5.41, 5.74) is -0.385. The van der Waals surface area contributed by atoms with Crippen LogP contribution in [0.15, 0.2) is 20.6 Å². The third-order valence-corrected chi connectivity index (χ3v) is 6.42. The number of amides is 1. The van der Waals surface area contributed by atoms with Gasteiger partial charge in [-0.1, -0.05) is 39.5 Å². The lowest BCUT2D eigenvalue weighted by molar-refractivity contribution is -0.126. The molecule has 10 nitrogen and oxygen atoms in total. The third-order valence-electron chi connectivity index (χ3n) is 5.62. The number of aryl methyl sites for hydroxylation is 1. The second kappa shape index (κ2) is 10.8. The summed E-state index contributed by atoms with van der Waals surface area (Å²) in [6, 6.07) is -0.732. The zero-order valence-corrected chi connectivity index (χ0v) is 19.6. The Bertz CT molecular complexity index is 987. The lowest BCUT2D eigenvalue weighted by Crippen LogP contribution is -2.44. The van der Waals surface area contributed by atoms with Crippen LogP contribution in [0.3, 0.4) is 0 Å². The lowest BCUT2D eigenvalue weighted by Gasteiger charge is -2.21. The normalized spacial score (nSPS) is 16.1. The van der Waals surface area contributed by atoms with Gasteiger partial charge in [0, 0.05) is 13.0 Å². The molecule has 1 amide bonds. The van der Waals surface area contributed by atoms with Crippen molar-refractivity contribution in [2.75, 3.05) is 0 Å². The van der Waals surface area contributed by atoms with Crippen LogP contribution in [0, 0.1) is 11.8 Å². The average molecular weight is 466 g/mol. The number of aromatic hydroxyl groups is 1. The number of nitrogens with one attached hydrogen (secondary N) is 1. The number of Topliss-reactive ketones (excluding diaryl/α,β-unsaturated/α-hetero) is 1. The van der Waals surface area contributed by atoms with Crippen molar-refractivity contribution in [1.82, 2.24) is 24.6 Å². The molecule has 1 atom stereocenters. The number of hydrogen-bond acceptors (Lipinski definition) is 8. The van der Waals surface area contributed by atoms with Crippen LogP contribution < -0.4 is 11.0 Å². The minimum Gasteiger partial charge on any atom is -0.493 e. The maximum Gasteiger partial charge on any atom is 0.331 e. The first-order valence-electron chi connectivity index (χ1n) is 11.0. The second-order valence-corrected chi connectivity index (χ2v) is 9.59.